The lowest BCUT2D eigenvalue weighted by Crippen LogP contribution is -2.53. The van der Waals surface area contributed by atoms with E-state index in [1.165, 1.54) is 17.0 Å². The molecule has 0 aliphatic carbocycles. The van der Waals surface area contributed by atoms with Crippen LogP contribution in [0, 0.1) is 13.8 Å². The lowest BCUT2D eigenvalue weighted by molar-refractivity contribution is -0.141. The molecule has 2 atom stereocenters. The SMILES string of the molecule is COc1ccc(NC(=O)C(c2cc(C)cc(C)c2)N(CCO)C(=O)C(Cc2ccc(O)cc2)NC(=O)OC(C)(C)C)cc1. The van der Waals surface area contributed by atoms with Crippen molar-refractivity contribution in [3.05, 3.63) is 89.0 Å². The van der Waals surface area contributed by atoms with E-state index in [1.54, 1.807) is 64.3 Å². The van der Waals surface area contributed by atoms with Gasteiger partial charge in [0.1, 0.15) is 29.2 Å². The van der Waals surface area contributed by atoms with E-state index >= 15 is 0 Å². The van der Waals surface area contributed by atoms with Gasteiger partial charge >= 0.3 is 6.09 Å². The van der Waals surface area contributed by atoms with Crippen molar-refractivity contribution in [3.8, 4) is 11.5 Å². The van der Waals surface area contributed by atoms with Crippen LogP contribution in [0.2, 0.25) is 0 Å². The van der Waals surface area contributed by atoms with Crippen LogP contribution in [0.1, 0.15) is 49.1 Å². The van der Waals surface area contributed by atoms with Crippen molar-refractivity contribution in [1.29, 1.82) is 0 Å². The lowest BCUT2D eigenvalue weighted by atomic mass is 9.97. The highest BCUT2D eigenvalue weighted by Gasteiger charge is 2.36. The molecule has 0 saturated heterocycles. The van der Waals surface area contributed by atoms with Gasteiger partial charge in [-0.05, 0) is 82.1 Å². The van der Waals surface area contributed by atoms with Crippen LogP contribution in [0.15, 0.2) is 66.7 Å². The Labute approximate surface area is 252 Å². The van der Waals surface area contributed by atoms with Crippen molar-refractivity contribution in [2.75, 3.05) is 25.6 Å². The van der Waals surface area contributed by atoms with Gasteiger partial charge in [0.2, 0.25) is 5.91 Å². The van der Waals surface area contributed by atoms with E-state index in [0.29, 0.717) is 22.6 Å². The maximum atomic E-state index is 14.3. The van der Waals surface area contributed by atoms with E-state index in [-0.39, 0.29) is 18.7 Å². The van der Waals surface area contributed by atoms with Crippen LogP contribution >= 0.6 is 0 Å². The second kappa shape index (κ2) is 14.6. The number of rotatable bonds is 11. The molecule has 0 aliphatic rings. The first-order valence-corrected chi connectivity index (χ1v) is 14.0. The molecule has 0 aromatic heterocycles. The Kier molecular flexibility index (Phi) is 11.1. The quantitative estimate of drug-likeness (QED) is 0.255. The molecular formula is C33H41N3O7. The maximum absolute atomic E-state index is 14.3. The second-order valence-corrected chi connectivity index (χ2v) is 11.4. The van der Waals surface area contributed by atoms with Crippen LogP contribution in [0.4, 0.5) is 10.5 Å². The Hall–Kier alpha value is -4.57. The highest BCUT2D eigenvalue weighted by molar-refractivity contribution is 5.99. The molecule has 0 spiro atoms. The molecule has 0 bridgehead atoms. The number of hydrogen-bond donors (Lipinski definition) is 4. The van der Waals surface area contributed by atoms with Gasteiger partial charge in [0, 0.05) is 18.7 Å². The van der Waals surface area contributed by atoms with Gasteiger partial charge in [-0.25, -0.2) is 4.79 Å². The number of phenols is 1. The third-order valence-corrected chi connectivity index (χ3v) is 6.47. The molecule has 3 aromatic rings. The maximum Gasteiger partial charge on any atom is 0.408 e. The zero-order valence-electron chi connectivity index (χ0n) is 25.5. The van der Waals surface area contributed by atoms with E-state index in [9.17, 15) is 24.6 Å². The van der Waals surface area contributed by atoms with E-state index in [2.05, 4.69) is 10.6 Å². The van der Waals surface area contributed by atoms with Gasteiger partial charge in [-0.15, -0.1) is 0 Å². The number of amides is 3. The number of alkyl carbamates (subject to hydrolysis) is 1. The van der Waals surface area contributed by atoms with Crippen LogP contribution in [0.3, 0.4) is 0 Å². The number of aliphatic hydroxyl groups excluding tert-OH is 1. The molecular weight excluding hydrogens is 550 g/mol. The van der Waals surface area contributed by atoms with E-state index < -0.39 is 42.2 Å². The average Bonchev–Trinajstić information content (AvgIpc) is 2.92. The first-order chi connectivity index (χ1) is 20.3. The summed E-state index contributed by atoms with van der Waals surface area (Å²) in [5, 5.41) is 25.4. The monoisotopic (exact) mass is 591 g/mol. The summed E-state index contributed by atoms with van der Waals surface area (Å²) in [6, 6.07) is 16.3. The number of benzene rings is 3. The number of hydrogen-bond acceptors (Lipinski definition) is 7. The number of nitrogens with one attached hydrogen (secondary N) is 2. The van der Waals surface area contributed by atoms with Crippen LogP contribution in [0.5, 0.6) is 11.5 Å². The molecule has 2 unspecified atom stereocenters. The molecule has 0 saturated carbocycles. The van der Waals surface area contributed by atoms with Crippen molar-refractivity contribution < 1.29 is 34.1 Å². The highest BCUT2D eigenvalue weighted by atomic mass is 16.6. The Morgan fingerprint density at radius 1 is 0.930 bits per heavy atom. The molecule has 3 aromatic carbocycles. The topological polar surface area (TPSA) is 137 Å². The Balaban J connectivity index is 2.06. The number of aryl methyl sites for hydroxylation is 2. The number of aliphatic hydroxyl groups is 1. The normalized spacial score (nSPS) is 12.5. The molecule has 3 amide bonds. The third-order valence-electron chi connectivity index (χ3n) is 6.47. The lowest BCUT2D eigenvalue weighted by Gasteiger charge is -2.34. The molecule has 0 heterocycles. The smallest absolute Gasteiger partial charge is 0.408 e. The summed E-state index contributed by atoms with van der Waals surface area (Å²) < 4.78 is 10.6. The highest BCUT2D eigenvalue weighted by Crippen LogP contribution is 2.27. The van der Waals surface area contributed by atoms with Crippen LogP contribution < -0.4 is 15.4 Å². The van der Waals surface area contributed by atoms with Gasteiger partial charge in [-0.1, -0.05) is 41.5 Å². The van der Waals surface area contributed by atoms with Crippen molar-refractivity contribution in [3.63, 3.8) is 0 Å². The molecule has 0 radical (unpaired) electrons. The first kappa shape index (κ1) is 32.9. The van der Waals surface area contributed by atoms with E-state index in [4.69, 9.17) is 9.47 Å². The van der Waals surface area contributed by atoms with Gasteiger partial charge in [0.25, 0.3) is 5.91 Å². The minimum atomic E-state index is -1.16. The number of phenolic OH excluding ortho intramolecular Hbond substituents is 1. The number of aromatic hydroxyl groups is 1. The van der Waals surface area contributed by atoms with E-state index in [1.807, 2.05) is 32.0 Å². The second-order valence-electron chi connectivity index (χ2n) is 11.4. The summed E-state index contributed by atoms with van der Waals surface area (Å²) in [7, 11) is 1.54. The Morgan fingerprint density at radius 2 is 1.53 bits per heavy atom. The summed E-state index contributed by atoms with van der Waals surface area (Å²) in [6.07, 6.45) is -0.765. The summed E-state index contributed by atoms with van der Waals surface area (Å²) >= 11 is 0. The molecule has 230 valence electrons. The fourth-order valence-corrected chi connectivity index (χ4v) is 4.72. The number of carbonyl (C=O) groups excluding carboxylic acids is 3. The minimum absolute atomic E-state index is 0.0416. The van der Waals surface area contributed by atoms with Crippen LogP contribution in [0.25, 0.3) is 0 Å². The van der Waals surface area contributed by atoms with Crippen molar-refractivity contribution in [2.45, 2.75) is 58.7 Å². The Bertz CT molecular complexity index is 1380. The standard InChI is InChI=1S/C33H41N3O7/c1-21-17-22(2)19-24(18-21)29(30(39)34-25-9-13-27(42-6)14-10-25)36(15-16-37)31(40)28(35-32(41)43-33(3,4)5)20-23-7-11-26(38)12-8-23/h7-14,17-19,28-29,37-38H,15-16,20H2,1-6H3,(H,34,39)(H,35,41). The zero-order valence-corrected chi connectivity index (χ0v) is 25.5. The largest absolute Gasteiger partial charge is 0.508 e. The van der Waals surface area contributed by atoms with Crippen LogP contribution in [-0.2, 0) is 20.7 Å². The molecule has 10 heteroatoms. The molecule has 4 N–H and O–H groups in total. The third kappa shape index (κ3) is 9.75. The van der Waals surface area contributed by atoms with Gasteiger partial charge < -0.3 is 35.2 Å². The van der Waals surface area contributed by atoms with Crippen molar-refractivity contribution in [1.82, 2.24) is 10.2 Å². The Morgan fingerprint density at radius 3 is 2.07 bits per heavy atom. The number of carbonyl (C=O) groups is 3. The van der Waals surface area contributed by atoms with Crippen molar-refractivity contribution >= 4 is 23.6 Å². The predicted molar refractivity (Wildman–Crippen MR) is 164 cm³/mol. The van der Waals surface area contributed by atoms with Gasteiger partial charge in [-0.2, -0.15) is 0 Å². The molecule has 0 aliphatic heterocycles. The number of ether oxygens (including phenoxy) is 2. The predicted octanol–water partition coefficient (Wildman–Crippen LogP) is 4.65. The molecule has 43 heavy (non-hydrogen) atoms. The van der Waals surface area contributed by atoms with Gasteiger partial charge in [0.15, 0.2) is 0 Å². The van der Waals surface area contributed by atoms with Crippen molar-refractivity contribution in [2.24, 2.45) is 0 Å². The van der Waals surface area contributed by atoms with Crippen LogP contribution in [-0.4, -0.2) is 64.9 Å². The summed E-state index contributed by atoms with van der Waals surface area (Å²) in [6.45, 7) is 8.30. The summed E-state index contributed by atoms with van der Waals surface area (Å²) in [5.41, 5.74) is 2.65. The molecule has 10 nitrogen and oxygen atoms in total. The average molecular weight is 592 g/mol. The van der Waals surface area contributed by atoms with E-state index in [0.717, 1.165) is 11.1 Å². The number of nitrogens with zero attached hydrogens (tertiary/aromatic N) is 1. The van der Waals surface area contributed by atoms with Gasteiger partial charge in [0.05, 0.1) is 13.7 Å². The summed E-state index contributed by atoms with van der Waals surface area (Å²) in [4.78, 5) is 42.5. The summed E-state index contributed by atoms with van der Waals surface area (Å²) in [5.74, 6) is -0.426. The minimum Gasteiger partial charge on any atom is -0.508 e. The van der Waals surface area contributed by atoms with Gasteiger partial charge in [-0.3, -0.25) is 9.59 Å². The molecule has 3 rings (SSSR count). The fraction of sp³-hybridized carbons (Fsp3) is 0.364. The fourth-order valence-electron chi connectivity index (χ4n) is 4.72. The zero-order chi connectivity index (χ0) is 31.7. The number of anilines is 1. The molecule has 0 fully saturated rings. The number of methoxy groups -OCH3 is 1. The first-order valence-electron chi connectivity index (χ1n) is 14.0.